The summed E-state index contributed by atoms with van der Waals surface area (Å²) < 4.78 is 5.14. The van der Waals surface area contributed by atoms with E-state index >= 15 is 0 Å². The van der Waals surface area contributed by atoms with Crippen molar-refractivity contribution >= 4 is 0 Å². The molecular weight excluding hydrogens is 260 g/mol. The second-order valence-corrected chi connectivity index (χ2v) is 5.52. The first-order valence-electron chi connectivity index (χ1n) is 7.45. The van der Waals surface area contributed by atoms with Gasteiger partial charge in [0.25, 0.3) is 0 Å². The van der Waals surface area contributed by atoms with Crippen molar-refractivity contribution in [2.75, 3.05) is 7.11 Å². The Kier molecular flexibility index (Phi) is 5.76. The van der Waals surface area contributed by atoms with Crippen molar-refractivity contribution < 1.29 is 4.74 Å². The summed E-state index contributed by atoms with van der Waals surface area (Å²) in [6.45, 7) is 5.21. The van der Waals surface area contributed by atoms with E-state index in [1.165, 1.54) is 16.7 Å². The number of nitrogens with zero attached hydrogens (tertiary/aromatic N) is 1. The van der Waals surface area contributed by atoms with Crippen LogP contribution >= 0.6 is 0 Å². The molecule has 0 fully saturated rings. The minimum absolute atomic E-state index is 0.477. The topological polar surface area (TPSA) is 34.1 Å². The average Bonchev–Trinajstić information content (AvgIpc) is 2.51. The van der Waals surface area contributed by atoms with E-state index in [-0.39, 0.29) is 0 Å². The Labute approximate surface area is 127 Å². The average molecular weight is 284 g/mol. The summed E-state index contributed by atoms with van der Waals surface area (Å²) in [5.41, 5.74) is 3.94. The number of aryl methyl sites for hydroxylation is 2. The van der Waals surface area contributed by atoms with Gasteiger partial charge in [-0.1, -0.05) is 29.8 Å². The Morgan fingerprint density at radius 1 is 1.19 bits per heavy atom. The number of rotatable bonds is 7. The van der Waals surface area contributed by atoms with Crippen molar-refractivity contribution in [3.05, 3.63) is 59.3 Å². The Morgan fingerprint density at radius 3 is 2.81 bits per heavy atom. The van der Waals surface area contributed by atoms with E-state index in [9.17, 15) is 0 Å². The molecule has 21 heavy (non-hydrogen) atoms. The standard InChI is InChI=1S/C18H24N2O/c1-14-5-4-6-16(11-14)8-7-15(2)20-13-17-9-10-19-18(12-17)21-3/h4-6,9-12,15,20H,7-8,13H2,1-3H3. The normalized spacial score (nSPS) is 12.1. The molecule has 112 valence electrons. The smallest absolute Gasteiger partial charge is 0.213 e. The van der Waals surface area contributed by atoms with E-state index in [1.54, 1.807) is 13.3 Å². The van der Waals surface area contributed by atoms with Crippen LogP contribution in [-0.2, 0) is 13.0 Å². The highest BCUT2D eigenvalue weighted by Crippen LogP contribution is 2.10. The Hall–Kier alpha value is -1.87. The molecule has 1 heterocycles. The van der Waals surface area contributed by atoms with Gasteiger partial charge in [-0.3, -0.25) is 0 Å². The van der Waals surface area contributed by atoms with Crippen molar-refractivity contribution in [2.45, 2.75) is 39.3 Å². The summed E-state index contributed by atoms with van der Waals surface area (Å²) in [6, 6.07) is 13.2. The van der Waals surface area contributed by atoms with Crippen LogP contribution in [-0.4, -0.2) is 18.1 Å². The molecule has 0 radical (unpaired) electrons. The molecule has 0 bridgehead atoms. The van der Waals surface area contributed by atoms with Gasteiger partial charge in [-0.25, -0.2) is 4.98 Å². The quantitative estimate of drug-likeness (QED) is 0.845. The molecule has 0 spiro atoms. The predicted octanol–water partition coefficient (Wildman–Crippen LogP) is 3.51. The number of aromatic nitrogens is 1. The molecule has 2 aromatic rings. The third kappa shape index (κ3) is 5.20. The van der Waals surface area contributed by atoms with Gasteiger partial charge in [0.2, 0.25) is 5.88 Å². The molecule has 1 aromatic heterocycles. The molecule has 1 aromatic carbocycles. The van der Waals surface area contributed by atoms with E-state index in [4.69, 9.17) is 4.74 Å². The van der Waals surface area contributed by atoms with E-state index in [0.717, 1.165) is 19.4 Å². The maximum absolute atomic E-state index is 5.14. The molecule has 0 amide bonds. The number of hydrogen-bond acceptors (Lipinski definition) is 3. The SMILES string of the molecule is COc1cc(CNC(C)CCc2cccc(C)c2)ccn1. The zero-order valence-electron chi connectivity index (χ0n) is 13.1. The van der Waals surface area contributed by atoms with Gasteiger partial charge in [0.05, 0.1) is 7.11 Å². The van der Waals surface area contributed by atoms with Crippen molar-refractivity contribution in [3.63, 3.8) is 0 Å². The summed E-state index contributed by atoms with van der Waals surface area (Å²) in [5.74, 6) is 0.668. The molecule has 0 saturated carbocycles. The van der Waals surface area contributed by atoms with E-state index in [0.29, 0.717) is 11.9 Å². The molecule has 3 heteroatoms. The largest absolute Gasteiger partial charge is 0.481 e. The summed E-state index contributed by atoms with van der Waals surface area (Å²) >= 11 is 0. The highest BCUT2D eigenvalue weighted by atomic mass is 16.5. The second-order valence-electron chi connectivity index (χ2n) is 5.52. The molecule has 1 N–H and O–H groups in total. The van der Waals surface area contributed by atoms with Gasteiger partial charge in [-0.05, 0) is 43.9 Å². The van der Waals surface area contributed by atoms with E-state index in [1.807, 2.05) is 12.1 Å². The lowest BCUT2D eigenvalue weighted by atomic mass is 10.0. The van der Waals surface area contributed by atoms with E-state index < -0.39 is 0 Å². The molecule has 1 unspecified atom stereocenters. The zero-order chi connectivity index (χ0) is 15.1. The predicted molar refractivity (Wildman–Crippen MR) is 86.6 cm³/mol. The molecular formula is C18H24N2O. The molecule has 0 aliphatic heterocycles. The molecule has 0 aliphatic carbocycles. The maximum atomic E-state index is 5.14. The summed E-state index contributed by atoms with van der Waals surface area (Å²) in [7, 11) is 1.64. The van der Waals surface area contributed by atoms with Crippen LogP contribution in [0.5, 0.6) is 5.88 Å². The first kappa shape index (κ1) is 15.5. The van der Waals surface area contributed by atoms with Gasteiger partial charge in [-0.15, -0.1) is 0 Å². The minimum atomic E-state index is 0.477. The molecule has 0 aliphatic rings. The Balaban J connectivity index is 1.78. The molecule has 0 saturated heterocycles. The van der Waals surface area contributed by atoms with Gasteiger partial charge < -0.3 is 10.1 Å². The lowest BCUT2D eigenvalue weighted by Crippen LogP contribution is -2.26. The third-order valence-corrected chi connectivity index (χ3v) is 3.61. The van der Waals surface area contributed by atoms with Crippen LogP contribution in [0.4, 0.5) is 0 Å². The molecule has 2 rings (SSSR count). The van der Waals surface area contributed by atoms with Gasteiger partial charge in [0, 0.05) is 24.8 Å². The number of nitrogens with one attached hydrogen (secondary N) is 1. The van der Waals surface area contributed by atoms with Crippen LogP contribution in [0.3, 0.4) is 0 Å². The number of ether oxygens (including phenoxy) is 1. The monoisotopic (exact) mass is 284 g/mol. The van der Waals surface area contributed by atoms with Crippen LogP contribution in [0.25, 0.3) is 0 Å². The summed E-state index contributed by atoms with van der Waals surface area (Å²) in [5, 5.41) is 3.55. The molecule has 1 atom stereocenters. The van der Waals surface area contributed by atoms with Crippen molar-refractivity contribution in [2.24, 2.45) is 0 Å². The molecule has 3 nitrogen and oxygen atoms in total. The highest BCUT2D eigenvalue weighted by Gasteiger charge is 2.04. The first-order valence-corrected chi connectivity index (χ1v) is 7.45. The fraction of sp³-hybridized carbons (Fsp3) is 0.389. The summed E-state index contributed by atoms with van der Waals surface area (Å²) in [6.07, 6.45) is 4.02. The fourth-order valence-electron chi connectivity index (χ4n) is 2.32. The van der Waals surface area contributed by atoms with Gasteiger partial charge in [0.1, 0.15) is 0 Å². The van der Waals surface area contributed by atoms with Gasteiger partial charge in [0.15, 0.2) is 0 Å². The minimum Gasteiger partial charge on any atom is -0.481 e. The zero-order valence-corrected chi connectivity index (χ0v) is 13.1. The van der Waals surface area contributed by atoms with Crippen LogP contribution in [0, 0.1) is 6.92 Å². The van der Waals surface area contributed by atoms with Gasteiger partial charge in [-0.2, -0.15) is 0 Å². The Bertz CT molecular complexity index is 569. The number of pyridine rings is 1. The first-order chi connectivity index (χ1) is 10.2. The van der Waals surface area contributed by atoms with Crippen LogP contribution < -0.4 is 10.1 Å². The number of methoxy groups -OCH3 is 1. The van der Waals surface area contributed by atoms with Crippen LogP contribution in [0.1, 0.15) is 30.0 Å². The van der Waals surface area contributed by atoms with Gasteiger partial charge >= 0.3 is 0 Å². The second kappa shape index (κ2) is 7.79. The third-order valence-electron chi connectivity index (χ3n) is 3.61. The van der Waals surface area contributed by atoms with Crippen molar-refractivity contribution in [1.82, 2.24) is 10.3 Å². The Morgan fingerprint density at radius 2 is 2.05 bits per heavy atom. The van der Waals surface area contributed by atoms with Crippen molar-refractivity contribution in [1.29, 1.82) is 0 Å². The summed E-state index contributed by atoms with van der Waals surface area (Å²) in [4.78, 5) is 4.12. The van der Waals surface area contributed by atoms with Crippen LogP contribution in [0.2, 0.25) is 0 Å². The van der Waals surface area contributed by atoms with Crippen molar-refractivity contribution in [3.8, 4) is 5.88 Å². The maximum Gasteiger partial charge on any atom is 0.213 e. The highest BCUT2D eigenvalue weighted by molar-refractivity contribution is 5.22. The van der Waals surface area contributed by atoms with E-state index in [2.05, 4.69) is 48.4 Å². The number of hydrogen-bond donors (Lipinski definition) is 1. The van der Waals surface area contributed by atoms with Crippen LogP contribution in [0.15, 0.2) is 42.6 Å². The number of benzene rings is 1. The lowest BCUT2D eigenvalue weighted by molar-refractivity contribution is 0.396. The lowest BCUT2D eigenvalue weighted by Gasteiger charge is -2.14. The fourth-order valence-corrected chi connectivity index (χ4v) is 2.32.